The minimum atomic E-state index is 0.577. The molecule has 0 bridgehead atoms. The van der Waals surface area contributed by atoms with E-state index in [1.54, 1.807) is 0 Å². The number of benzene rings is 2. The topological polar surface area (TPSA) is 0 Å². The second-order valence-electron chi connectivity index (χ2n) is 6.36. The van der Waals surface area contributed by atoms with Crippen molar-refractivity contribution in [3.8, 4) is 0 Å². The highest BCUT2D eigenvalue weighted by molar-refractivity contribution is 9.10. The van der Waals surface area contributed by atoms with Gasteiger partial charge in [-0.2, -0.15) is 0 Å². The molecule has 2 aliphatic rings. The van der Waals surface area contributed by atoms with E-state index in [0.29, 0.717) is 11.8 Å². The van der Waals surface area contributed by atoms with Crippen LogP contribution in [-0.2, 0) is 0 Å². The summed E-state index contributed by atoms with van der Waals surface area (Å²) < 4.78 is 1.22. The van der Waals surface area contributed by atoms with Gasteiger partial charge < -0.3 is 0 Å². The molecule has 0 saturated carbocycles. The van der Waals surface area contributed by atoms with Gasteiger partial charge in [0.15, 0.2) is 0 Å². The van der Waals surface area contributed by atoms with Crippen LogP contribution in [0.3, 0.4) is 0 Å². The summed E-state index contributed by atoms with van der Waals surface area (Å²) in [5.41, 5.74) is 7.26. The minimum Gasteiger partial charge on any atom is -0.0764 e. The Hall–Kier alpha value is -1.60. The van der Waals surface area contributed by atoms with Gasteiger partial charge in [0, 0.05) is 16.3 Å². The van der Waals surface area contributed by atoms with Crippen LogP contribution in [0.15, 0.2) is 58.6 Å². The van der Waals surface area contributed by atoms with E-state index in [1.807, 2.05) is 0 Å². The van der Waals surface area contributed by atoms with Crippen LogP contribution in [0.1, 0.15) is 53.9 Å². The predicted octanol–water partition coefficient (Wildman–Crippen LogP) is 6.54. The van der Waals surface area contributed by atoms with E-state index < -0.39 is 0 Å². The predicted molar refractivity (Wildman–Crippen MR) is 98.0 cm³/mol. The molecule has 2 unspecified atom stereocenters. The van der Waals surface area contributed by atoms with Crippen LogP contribution in [0, 0.1) is 0 Å². The Kier molecular flexibility index (Phi) is 3.54. The van der Waals surface area contributed by atoms with Crippen LogP contribution in [0.4, 0.5) is 0 Å². The van der Waals surface area contributed by atoms with Gasteiger partial charge in [0.05, 0.1) is 0 Å². The molecule has 0 amide bonds. The Morgan fingerprint density at radius 3 is 2.68 bits per heavy atom. The molecule has 0 spiro atoms. The summed E-state index contributed by atoms with van der Waals surface area (Å²) in [6.45, 7) is 2.27. The van der Waals surface area contributed by atoms with E-state index in [0.717, 1.165) is 0 Å². The molecule has 110 valence electrons. The molecular formula is C21H19Br. The molecule has 0 radical (unpaired) electrons. The molecule has 0 saturated heterocycles. The Balaban J connectivity index is 1.54. The highest BCUT2D eigenvalue weighted by Gasteiger charge is 2.25. The lowest BCUT2D eigenvalue weighted by atomic mass is 9.87. The quantitative estimate of drug-likeness (QED) is 0.589. The molecule has 2 aliphatic carbocycles. The number of rotatable bonds is 3. The zero-order valence-electron chi connectivity index (χ0n) is 12.7. The number of fused-ring (bicyclic) bond motifs is 2. The summed E-state index contributed by atoms with van der Waals surface area (Å²) in [4.78, 5) is 0. The maximum Gasteiger partial charge on any atom is 0.0250 e. The fourth-order valence-electron chi connectivity index (χ4n) is 3.89. The summed E-state index contributed by atoms with van der Waals surface area (Å²) in [5, 5.41) is 0. The first-order chi connectivity index (χ1) is 10.7. The largest absolute Gasteiger partial charge is 0.0764 e. The van der Waals surface area contributed by atoms with Crippen molar-refractivity contribution in [2.24, 2.45) is 0 Å². The third-order valence-corrected chi connectivity index (χ3v) is 5.75. The van der Waals surface area contributed by atoms with Gasteiger partial charge in [0.2, 0.25) is 0 Å². The minimum absolute atomic E-state index is 0.577. The summed E-state index contributed by atoms with van der Waals surface area (Å²) in [5.74, 6) is 1.16. The van der Waals surface area contributed by atoms with Gasteiger partial charge in [0.1, 0.15) is 0 Å². The van der Waals surface area contributed by atoms with Gasteiger partial charge in [-0.05, 0) is 48.1 Å². The SMILES string of the molecule is CC1=Cc2c(Br)cccc2C1CCC1C=Cc2ccccc21. The molecule has 1 heteroatoms. The van der Waals surface area contributed by atoms with Crippen LogP contribution < -0.4 is 0 Å². The highest BCUT2D eigenvalue weighted by atomic mass is 79.9. The Bertz CT molecular complexity index is 782. The van der Waals surface area contributed by atoms with Crippen LogP contribution in [0.25, 0.3) is 12.2 Å². The van der Waals surface area contributed by atoms with Crippen LogP contribution >= 0.6 is 15.9 Å². The van der Waals surface area contributed by atoms with E-state index in [2.05, 4.69) is 83.5 Å². The van der Waals surface area contributed by atoms with Gasteiger partial charge in [-0.15, -0.1) is 0 Å². The van der Waals surface area contributed by atoms with Crippen molar-refractivity contribution in [1.29, 1.82) is 0 Å². The van der Waals surface area contributed by atoms with E-state index in [9.17, 15) is 0 Å². The molecule has 2 aromatic rings. The molecule has 0 aromatic heterocycles. The number of allylic oxidation sites excluding steroid dienone is 2. The summed E-state index contributed by atoms with van der Waals surface area (Å²) in [6.07, 6.45) is 9.44. The summed E-state index contributed by atoms with van der Waals surface area (Å²) in [7, 11) is 0. The van der Waals surface area contributed by atoms with E-state index in [4.69, 9.17) is 0 Å². The van der Waals surface area contributed by atoms with Gasteiger partial charge in [-0.1, -0.05) is 76.1 Å². The molecule has 22 heavy (non-hydrogen) atoms. The second kappa shape index (κ2) is 5.55. The molecule has 2 aromatic carbocycles. The second-order valence-corrected chi connectivity index (χ2v) is 7.21. The molecule has 2 atom stereocenters. The third-order valence-electron chi connectivity index (χ3n) is 5.05. The molecule has 0 N–H and O–H groups in total. The summed E-state index contributed by atoms with van der Waals surface area (Å²) in [6, 6.07) is 15.4. The number of hydrogen-bond donors (Lipinski definition) is 0. The first-order valence-corrected chi connectivity index (χ1v) is 8.77. The van der Waals surface area contributed by atoms with E-state index in [-0.39, 0.29) is 0 Å². The van der Waals surface area contributed by atoms with Crippen molar-refractivity contribution < 1.29 is 0 Å². The maximum atomic E-state index is 3.69. The van der Waals surface area contributed by atoms with Crippen LogP contribution in [-0.4, -0.2) is 0 Å². The zero-order chi connectivity index (χ0) is 15.1. The monoisotopic (exact) mass is 350 g/mol. The Morgan fingerprint density at radius 1 is 0.955 bits per heavy atom. The first-order valence-electron chi connectivity index (χ1n) is 7.98. The summed E-state index contributed by atoms with van der Waals surface area (Å²) >= 11 is 3.69. The lowest BCUT2D eigenvalue weighted by Gasteiger charge is -2.18. The first kappa shape index (κ1) is 14.0. The highest BCUT2D eigenvalue weighted by Crippen LogP contribution is 2.44. The van der Waals surface area contributed by atoms with Crippen molar-refractivity contribution in [2.75, 3.05) is 0 Å². The normalized spacial score (nSPS) is 21.6. The zero-order valence-corrected chi connectivity index (χ0v) is 14.3. The maximum absolute atomic E-state index is 3.69. The molecule has 0 nitrogen and oxygen atoms in total. The molecule has 0 aliphatic heterocycles. The third kappa shape index (κ3) is 2.28. The van der Waals surface area contributed by atoms with Gasteiger partial charge >= 0.3 is 0 Å². The lowest BCUT2D eigenvalue weighted by molar-refractivity contribution is 0.625. The van der Waals surface area contributed by atoms with Crippen molar-refractivity contribution in [3.05, 3.63) is 80.8 Å². The van der Waals surface area contributed by atoms with Crippen LogP contribution in [0.5, 0.6) is 0 Å². The molecule has 0 heterocycles. The smallest absolute Gasteiger partial charge is 0.0250 e. The van der Waals surface area contributed by atoms with Crippen LogP contribution in [0.2, 0.25) is 0 Å². The van der Waals surface area contributed by atoms with Crippen molar-refractivity contribution in [3.63, 3.8) is 0 Å². The molecule has 4 rings (SSSR count). The average Bonchev–Trinajstić information content (AvgIpc) is 3.07. The van der Waals surface area contributed by atoms with Gasteiger partial charge in [0.25, 0.3) is 0 Å². The number of halogens is 1. The molecule has 0 fully saturated rings. The molecular weight excluding hydrogens is 332 g/mol. The Labute approximate surface area is 140 Å². The van der Waals surface area contributed by atoms with Gasteiger partial charge in [-0.3, -0.25) is 0 Å². The fourth-order valence-corrected chi connectivity index (χ4v) is 4.38. The lowest BCUT2D eigenvalue weighted by Crippen LogP contribution is -2.01. The van der Waals surface area contributed by atoms with E-state index in [1.165, 1.54) is 45.1 Å². The Morgan fingerprint density at radius 2 is 1.77 bits per heavy atom. The standard InChI is InChI=1S/C21H19Br/c1-14-13-20-19(7-4-8-21(20)22)17(14)12-11-16-10-9-15-5-2-3-6-18(15)16/h2-10,13,16-17H,11-12H2,1H3. The average molecular weight is 351 g/mol. The van der Waals surface area contributed by atoms with Crippen molar-refractivity contribution in [1.82, 2.24) is 0 Å². The van der Waals surface area contributed by atoms with Crippen molar-refractivity contribution >= 4 is 28.1 Å². The van der Waals surface area contributed by atoms with Crippen molar-refractivity contribution in [2.45, 2.75) is 31.6 Å². The van der Waals surface area contributed by atoms with Gasteiger partial charge in [-0.25, -0.2) is 0 Å². The number of hydrogen-bond acceptors (Lipinski definition) is 0. The fraction of sp³-hybridized carbons (Fsp3) is 0.238. The van der Waals surface area contributed by atoms with E-state index >= 15 is 0 Å².